The molecule has 7 heteroatoms. The molecule has 0 bridgehead atoms. The fourth-order valence-corrected chi connectivity index (χ4v) is 2.13. The van der Waals surface area contributed by atoms with Crippen LogP contribution in [0.3, 0.4) is 0 Å². The molecule has 0 saturated carbocycles. The summed E-state index contributed by atoms with van der Waals surface area (Å²) in [4.78, 5) is 13.8. The van der Waals surface area contributed by atoms with Crippen LogP contribution in [0.25, 0.3) is 10.4 Å². The van der Waals surface area contributed by atoms with E-state index in [4.69, 9.17) is 19.7 Å². The molecule has 1 fully saturated rings. The highest BCUT2D eigenvalue weighted by molar-refractivity contribution is 5.66. The van der Waals surface area contributed by atoms with E-state index >= 15 is 0 Å². The topological polar surface area (TPSA) is 93.5 Å². The third kappa shape index (κ3) is 3.35. The molecule has 0 radical (unpaired) electrons. The molecular weight excluding hydrogens is 238 g/mol. The largest absolute Gasteiger partial charge is 0.457 e. The zero-order valence-corrected chi connectivity index (χ0v) is 11.1. The van der Waals surface area contributed by atoms with Crippen molar-refractivity contribution in [2.75, 3.05) is 13.7 Å². The SMILES string of the molecule is CO[C@H]1OC(CN=[N+]=[N-])[C@@H](C)[C@H](C)C1OC(C)=O. The van der Waals surface area contributed by atoms with E-state index in [-0.39, 0.29) is 30.5 Å². The number of hydrogen-bond donors (Lipinski definition) is 0. The van der Waals surface area contributed by atoms with Gasteiger partial charge in [0.1, 0.15) is 0 Å². The van der Waals surface area contributed by atoms with E-state index in [0.717, 1.165) is 0 Å². The van der Waals surface area contributed by atoms with Crippen LogP contribution in [0.2, 0.25) is 0 Å². The summed E-state index contributed by atoms with van der Waals surface area (Å²) in [6.45, 7) is 5.55. The normalized spacial score (nSPS) is 35.7. The van der Waals surface area contributed by atoms with Gasteiger partial charge in [-0.05, 0) is 11.4 Å². The predicted octanol–water partition coefficient (Wildman–Crippen LogP) is 1.87. The lowest BCUT2D eigenvalue weighted by Crippen LogP contribution is -2.52. The second-order valence-corrected chi connectivity index (χ2v) is 4.48. The van der Waals surface area contributed by atoms with Gasteiger partial charge in [-0.15, -0.1) is 0 Å². The fraction of sp³-hybridized carbons (Fsp3) is 0.909. The highest BCUT2D eigenvalue weighted by Crippen LogP contribution is 2.33. The van der Waals surface area contributed by atoms with Crippen molar-refractivity contribution in [1.29, 1.82) is 0 Å². The van der Waals surface area contributed by atoms with Crippen molar-refractivity contribution in [3.8, 4) is 0 Å². The number of rotatable bonds is 4. The number of esters is 1. The van der Waals surface area contributed by atoms with Crippen LogP contribution in [0.1, 0.15) is 20.8 Å². The van der Waals surface area contributed by atoms with E-state index in [1.807, 2.05) is 13.8 Å². The molecule has 1 rings (SSSR count). The molecule has 1 aliphatic heterocycles. The first-order valence-corrected chi connectivity index (χ1v) is 5.87. The summed E-state index contributed by atoms with van der Waals surface area (Å²) in [5.74, 6) is -0.198. The van der Waals surface area contributed by atoms with Crippen molar-refractivity contribution in [2.24, 2.45) is 17.0 Å². The van der Waals surface area contributed by atoms with Gasteiger partial charge in [-0.1, -0.05) is 19.0 Å². The minimum Gasteiger partial charge on any atom is -0.457 e. The van der Waals surface area contributed by atoms with Crippen molar-refractivity contribution < 1.29 is 19.0 Å². The van der Waals surface area contributed by atoms with Crippen LogP contribution in [0, 0.1) is 11.8 Å². The molecule has 1 heterocycles. The molecule has 5 atom stereocenters. The highest BCUT2D eigenvalue weighted by atomic mass is 16.7. The molecular formula is C11H19N3O4. The maximum absolute atomic E-state index is 11.1. The zero-order valence-electron chi connectivity index (χ0n) is 11.1. The Hall–Kier alpha value is -1.30. The molecule has 0 spiro atoms. The molecule has 0 aromatic carbocycles. The van der Waals surface area contributed by atoms with Crippen molar-refractivity contribution in [3.63, 3.8) is 0 Å². The number of hydrogen-bond acceptors (Lipinski definition) is 5. The Balaban J connectivity index is 2.79. The van der Waals surface area contributed by atoms with E-state index in [1.54, 1.807) is 0 Å². The summed E-state index contributed by atoms with van der Waals surface area (Å²) in [5.41, 5.74) is 8.35. The minimum atomic E-state index is -0.626. The minimum absolute atomic E-state index is 0.0616. The number of ether oxygens (including phenoxy) is 3. The predicted molar refractivity (Wildman–Crippen MR) is 63.6 cm³/mol. The number of methoxy groups -OCH3 is 1. The zero-order chi connectivity index (χ0) is 13.7. The van der Waals surface area contributed by atoms with Crippen molar-refractivity contribution >= 4 is 5.97 Å². The summed E-state index contributed by atoms with van der Waals surface area (Å²) in [6.07, 6.45) is -1.29. The lowest BCUT2D eigenvalue weighted by Gasteiger charge is -2.42. The third-order valence-electron chi connectivity index (χ3n) is 3.37. The van der Waals surface area contributed by atoms with Gasteiger partial charge in [0.05, 0.1) is 12.6 Å². The summed E-state index contributed by atoms with van der Waals surface area (Å²) in [6, 6.07) is 0. The van der Waals surface area contributed by atoms with Gasteiger partial charge in [-0.2, -0.15) is 0 Å². The van der Waals surface area contributed by atoms with Crippen LogP contribution < -0.4 is 0 Å². The van der Waals surface area contributed by atoms with E-state index in [2.05, 4.69) is 10.0 Å². The molecule has 2 unspecified atom stereocenters. The van der Waals surface area contributed by atoms with E-state index in [0.29, 0.717) is 0 Å². The number of nitrogens with zero attached hydrogens (tertiary/aromatic N) is 3. The Morgan fingerprint density at radius 3 is 2.61 bits per heavy atom. The van der Waals surface area contributed by atoms with Gasteiger partial charge in [0.15, 0.2) is 12.4 Å². The molecule has 7 nitrogen and oxygen atoms in total. The third-order valence-corrected chi connectivity index (χ3v) is 3.37. The molecule has 0 aromatic rings. The Bertz CT molecular complexity index is 341. The molecule has 0 aliphatic carbocycles. The number of carbonyl (C=O) groups excluding carboxylic acids is 1. The quantitative estimate of drug-likeness (QED) is 0.332. The van der Waals surface area contributed by atoms with Crippen molar-refractivity contribution in [3.05, 3.63) is 10.4 Å². The lowest BCUT2D eigenvalue weighted by molar-refractivity contribution is -0.264. The average molecular weight is 257 g/mol. The van der Waals surface area contributed by atoms with Gasteiger partial charge in [0.25, 0.3) is 0 Å². The molecule has 1 aliphatic rings. The monoisotopic (exact) mass is 257 g/mol. The summed E-state index contributed by atoms with van der Waals surface area (Å²) in [7, 11) is 1.49. The first-order valence-electron chi connectivity index (χ1n) is 5.87. The second kappa shape index (κ2) is 6.58. The van der Waals surface area contributed by atoms with Gasteiger partial charge in [0.2, 0.25) is 0 Å². The van der Waals surface area contributed by atoms with Crippen LogP contribution in [0.4, 0.5) is 0 Å². The molecule has 18 heavy (non-hydrogen) atoms. The second-order valence-electron chi connectivity index (χ2n) is 4.48. The Kier molecular flexibility index (Phi) is 5.40. The molecule has 0 amide bonds. The summed E-state index contributed by atoms with van der Waals surface area (Å²) >= 11 is 0. The first-order chi connectivity index (χ1) is 8.51. The highest BCUT2D eigenvalue weighted by Gasteiger charge is 2.43. The standard InChI is InChI=1S/C11H19N3O4/c1-6-7(2)10(17-8(3)15)11(16-4)18-9(6)5-13-14-12/h6-7,9-11H,5H2,1-4H3/t6-,7-,9?,10?,11-/m0/s1. The molecule has 102 valence electrons. The molecule has 0 aromatic heterocycles. The van der Waals surface area contributed by atoms with Gasteiger partial charge in [-0.3, -0.25) is 4.79 Å². The van der Waals surface area contributed by atoms with Crippen LogP contribution in [0.15, 0.2) is 5.11 Å². The van der Waals surface area contributed by atoms with Crippen LogP contribution in [-0.2, 0) is 19.0 Å². The van der Waals surface area contributed by atoms with E-state index in [1.165, 1.54) is 14.0 Å². The van der Waals surface area contributed by atoms with Crippen LogP contribution in [0.5, 0.6) is 0 Å². The van der Waals surface area contributed by atoms with Crippen LogP contribution in [-0.4, -0.2) is 38.1 Å². The first kappa shape index (κ1) is 14.8. The molecule has 0 N–H and O–H groups in total. The van der Waals surface area contributed by atoms with Crippen molar-refractivity contribution in [1.82, 2.24) is 0 Å². The maximum atomic E-state index is 11.1. The van der Waals surface area contributed by atoms with Gasteiger partial charge < -0.3 is 14.2 Å². The smallest absolute Gasteiger partial charge is 0.303 e. The Morgan fingerprint density at radius 2 is 2.11 bits per heavy atom. The molecule has 1 saturated heterocycles. The maximum Gasteiger partial charge on any atom is 0.303 e. The van der Waals surface area contributed by atoms with E-state index < -0.39 is 12.4 Å². The fourth-order valence-electron chi connectivity index (χ4n) is 2.13. The summed E-state index contributed by atoms with van der Waals surface area (Å²) in [5, 5.41) is 3.53. The van der Waals surface area contributed by atoms with Gasteiger partial charge in [-0.25, -0.2) is 0 Å². The Morgan fingerprint density at radius 1 is 1.44 bits per heavy atom. The van der Waals surface area contributed by atoms with E-state index in [9.17, 15) is 4.79 Å². The van der Waals surface area contributed by atoms with Crippen molar-refractivity contribution in [2.45, 2.75) is 39.3 Å². The lowest BCUT2D eigenvalue weighted by atomic mass is 9.83. The number of azide groups is 1. The van der Waals surface area contributed by atoms with Gasteiger partial charge >= 0.3 is 5.97 Å². The van der Waals surface area contributed by atoms with Gasteiger partial charge in [0, 0.05) is 24.9 Å². The summed E-state index contributed by atoms with van der Waals surface area (Å²) < 4.78 is 16.1. The van der Waals surface area contributed by atoms with Crippen LogP contribution >= 0.6 is 0 Å². The number of carbonyl (C=O) groups is 1. The average Bonchev–Trinajstić information content (AvgIpc) is 2.34. The Labute approximate surface area is 106 Å².